The molecular weight excluding hydrogens is 494 g/mol. The average molecular weight is 516 g/mol. The zero-order chi connectivity index (χ0) is 20.8. The second kappa shape index (κ2) is 16.5. The Morgan fingerprint density at radius 2 is 1.21 bits per heavy atom. The van der Waals surface area contributed by atoms with Crippen LogP contribution in [0.5, 0.6) is 0 Å². The molecule has 2 rings (SSSR count). The molecule has 29 heavy (non-hydrogen) atoms. The number of thioether (sulfide) groups is 2. The zero-order valence-corrected chi connectivity index (χ0v) is 23.1. The van der Waals surface area contributed by atoms with Gasteiger partial charge in [-0.05, 0) is 50.6 Å². The van der Waals surface area contributed by atoms with E-state index in [9.17, 15) is 0 Å². The number of nitrogens with zero attached hydrogens (tertiary/aromatic N) is 6. The fraction of sp³-hybridized carbons (Fsp3) is 0.222. The van der Waals surface area contributed by atoms with Gasteiger partial charge >= 0.3 is 0 Å². The summed E-state index contributed by atoms with van der Waals surface area (Å²) in [6, 6.07) is 11.5. The minimum Gasteiger partial charge on any atom is -0.520 e. The van der Waals surface area contributed by atoms with Gasteiger partial charge < -0.3 is 21.1 Å². The molecule has 0 aromatic carbocycles. The molecule has 11 heteroatoms. The number of pyridine rings is 2. The van der Waals surface area contributed by atoms with E-state index in [2.05, 4.69) is 55.5 Å². The van der Waals surface area contributed by atoms with Gasteiger partial charge in [-0.3, -0.25) is 9.97 Å². The predicted octanol–water partition coefficient (Wildman–Crippen LogP) is 3.65. The number of rotatable bonds is 4. The van der Waals surface area contributed by atoms with E-state index in [0.29, 0.717) is 8.64 Å². The summed E-state index contributed by atoms with van der Waals surface area (Å²) in [4.78, 5) is 8.49. The second-order valence-corrected chi connectivity index (χ2v) is 8.11. The maximum atomic E-state index is 4.25. The van der Waals surface area contributed by atoms with Crippen molar-refractivity contribution >= 4 is 69.0 Å². The Labute approximate surface area is 204 Å². The van der Waals surface area contributed by atoms with E-state index in [-0.39, 0.29) is 19.5 Å². The van der Waals surface area contributed by atoms with Gasteiger partial charge in [0, 0.05) is 43.3 Å². The Kier molecular flexibility index (Phi) is 15.8. The molecule has 0 spiro atoms. The van der Waals surface area contributed by atoms with Crippen molar-refractivity contribution in [1.29, 1.82) is 0 Å². The summed E-state index contributed by atoms with van der Waals surface area (Å²) in [5.41, 5.74) is 11.2. The number of aromatic nitrogens is 2. The standard InChI is InChI=1S/2C9H11N3S2.Zn/c2*1-7-4-3-5-8(11-7)6-10-12-9(13)14-2;/h2*3-6H,1-2H3,(H,11,12,13);. The molecule has 6 nitrogen and oxygen atoms in total. The van der Waals surface area contributed by atoms with Crippen molar-refractivity contribution in [3.05, 3.63) is 70.0 Å². The smallest absolute Gasteiger partial charge is 0.174 e. The van der Waals surface area contributed by atoms with Crippen molar-refractivity contribution in [2.24, 2.45) is 10.2 Å². The van der Waals surface area contributed by atoms with E-state index in [1.807, 2.05) is 62.8 Å². The van der Waals surface area contributed by atoms with Crippen LogP contribution in [0.3, 0.4) is 0 Å². The van der Waals surface area contributed by atoms with Gasteiger partial charge in [0.05, 0.1) is 11.4 Å². The molecule has 0 aliphatic rings. The van der Waals surface area contributed by atoms with Gasteiger partial charge in [0.1, 0.15) is 0 Å². The Hall–Kier alpha value is -1.26. The normalized spacial score (nSPS) is 10.1. The molecule has 0 aliphatic carbocycles. The predicted molar refractivity (Wildman–Crippen MR) is 134 cm³/mol. The molecule has 0 saturated carbocycles. The Morgan fingerprint density at radius 1 is 0.828 bits per heavy atom. The summed E-state index contributed by atoms with van der Waals surface area (Å²) in [6.07, 6.45) is 7.01. The number of thiol groups is 2. The first kappa shape index (κ1) is 27.7. The van der Waals surface area contributed by atoms with Crippen LogP contribution in [-0.4, -0.2) is 43.5 Å². The van der Waals surface area contributed by atoms with Crippen LogP contribution in [0.25, 0.3) is 10.9 Å². The topological polar surface area (TPSA) is 78.7 Å². The largest absolute Gasteiger partial charge is 0.520 e. The van der Waals surface area contributed by atoms with E-state index in [0.717, 1.165) is 22.8 Å². The van der Waals surface area contributed by atoms with Crippen molar-refractivity contribution in [3.63, 3.8) is 0 Å². The van der Waals surface area contributed by atoms with Crippen LogP contribution < -0.4 is 0 Å². The molecule has 0 aliphatic heterocycles. The summed E-state index contributed by atoms with van der Waals surface area (Å²) in [6.45, 7) is 3.87. The van der Waals surface area contributed by atoms with E-state index in [4.69, 9.17) is 0 Å². The Bertz CT molecular complexity index is 775. The summed E-state index contributed by atoms with van der Waals surface area (Å²) in [5.74, 6) is 0. The Balaban J connectivity index is 0.000000523. The van der Waals surface area contributed by atoms with E-state index in [1.165, 1.54) is 23.5 Å². The quantitative estimate of drug-likeness (QED) is 0.155. The van der Waals surface area contributed by atoms with Crippen LogP contribution in [0.2, 0.25) is 0 Å². The van der Waals surface area contributed by atoms with Crippen LogP contribution in [0.4, 0.5) is 0 Å². The van der Waals surface area contributed by atoms with Crippen LogP contribution in [0, 0.1) is 13.8 Å². The first-order valence-electron chi connectivity index (χ1n) is 8.00. The van der Waals surface area contributed by atoms with Crippen molar-refractivity contribution in [1.82, 2.24) is 9.97 Å². The molecule has 0 radical (unpaired) electrons. The minimum absolute atomic E-state index is 0. The third-order valence-electron chi connectivity index (χ3n) is 2.85. The number of hydrogen-bond donors (Lipinski definition) is 0. The van der Waals surface area contributed by atoms with E-state index >= 15 is 0 Å². The van der Waals surface area contributed by atoms with E-state index in [1.54, 1.807) is 12.4 Å². The molecule has 0 atom stereocenters. The molecular formula is C18H22N6S4Zn. The van der Waals surface area contributed by atoms with Gasteiger partial charge in [-0.25, -0.2) is 0 Å². The molecule has 0 amide bonds. The fourth-order valence-electron chi connectivity index (χ4n) is 1.63. The van der Waals surface area contributed by atoms with Crippen molar-refractivity contribution in [2.45, 2.75) is 13.8 Å². The van der Waals surface area contributed by atoms with Gasteiger partial charge in [-0.1, -0.05) is 35.7 Å². The van der Waals surface area contributed by atoms with Crippen LogP contribution in [0.15, 0.2) is 46.6 Å². The van der Waals surface area contributed by atoms with Crippen LogP contribution in [0.1, 0.15) is 22.8 Å². The third-order valence-corrected chi connectivity index (χ3v) is 5.02. The van der Waals surface area contributed by atoms with E-state index < -0.39 is 0 Å². The average Bonchev–Trinajstić information content (AvgIpc) is 2.68. The maximum Gasteiger partial charge on any atom is 0.174 e. The molecule has 2 heterocycles. The molecule has 0 saturated heterocycles. The third kappa shape index (κ3) is 13.6. The summed E-state index contributed by atoms with van der Waals surface area (Å²) in [5, 5.41) is 7.71. The molecule has 0 N–H and O–H groups in total. The Morgan fingerprint density at radius 3 is 1.52 bits per heavy atom. The van der Waals surface area contributed by atoms with Gasteiger partial charge in [0.15, 0.2) is 33.1 Å². The summed E-state index contributed by atoms with van der Waals surface area (Å²) >= 11 is 11.0. The molecule has 0 fully saturated rings. The molecule has 2 aromatic rings. The molecule has 0 bridgehead atoms. The van der Waals surface area contributed by atoms with Crippen molar-refractivity contribution in [2.75, 3.05) is 12.5 Å². The first-order chi connectivity index (χ1) is 13.4. The molecule has 2 aromatic heterocycles. The number of hydrogen-bond acceptors (Lipinski definition) is 6. The van der Waals surface area contributed by atoms with Gasteiger partial charge in [0.2, 0.25) is 0 Å². The zero-order valence-electron chi connectivity index (χ0n) is 16.7. The van der Waals surface area contributed by atoms with Crippen molar-refractivity contribution < 1.29 is 19.5 Å². The monoisotopic (exact) mass is 514 g/mol. The van der Waals surface area contributed by atoms with Gasteiger partial charge in [-0.2, -0.15) is 0 Å². The van der Waals surface area contributed by atoms with Crippen LogP contribution in [-0.2, 0) is 43.9 Å². The first-order valence-corrected chi connectivity index (χ1v) is 11.3. The fourth-order valence-corrected chi connectivity index (χ4v) is 1.99. The molecule has 0 unspecified atom stereocenters. The summed E-state index contributed by atoms with van der Waals surface area (Å²) in [7, 11) is 0. The van der Waals surface area contributed by atoms with Gasteiger partial charge in [-0.15, -0.1) is 0 Å². The maximum absolute atomic E-state index is 4.25. The minimum atomic E-state index is 0. The van der Waals surface area contributed by atoms with Crippen molar-refractivity contribution in [3.8, 4) is 0 Å². The van der Waals surface area contributed by atoms with Crippen LogP contribution >= 0.6 is 23.5 Å². The SMILES string of the molecule is CSC(=[SH+])[N-]N=Cc1cccc(C)n1.CSC(=[SH+])[N-]N=Cc1cccc(C)n1.[Zn]. The number of aryl methyl sites for hydroxylation is 2. The summed E-state index contributed by atoms with van der Waals surface area (Å²) < 4.78 is 1.27. The molecule has 150 valence electrons. The second-order valence-electron chi connectivity index (χ2n) is 5.07. The van der Waals surface area contributed by atoms with Gasteiger partial charge in [0.25, 0.3) is 0 Å².